The summed E-state index contributed by atoms with van der Waals surface area (Å²) in [5.74, 6) is -1.77. The van der Waals surface area contributed by atoms with Gasteiger partial charge in [-0.05, 0) is 31.5 Å². The first kappa shape index (κ1) is 18.0. The van der Waals surface area contributed by atoms with Crippen LogP contribution < -0.4 is 10.0 Å². The Kier molecular flexibility index (Phi) is 7.21. The van der Waals surface area contributed by atoms with E-state index in [1.165, 1.54) is 0 Å². The lowest BCUT2D eigenvalue weighted by Crippen LogP contribution is -2.26. The minimum Gasteiger partial charge on any atom is -0.312 e. The fourth-order valence-corrected chi connectivity index (χ4v) is 2.97. The highest BCUT2D eigenvalue weighted by Gasteiger charge is 2.22. The van der Waals surface area contributed by atoms with Crippen molar-refractivity contribution in [2.45, 2.75) is 44.6 Å². The van der Waals surface area contributed by atoms with Crippen LogP contribution in [0.1, 0.15) is 38.7 Å². The maximum Gasteiger partial charge on any atom is 0.243 e. The van der Waals surface area contributed by atoms with E-state index < -0.39 is 26.6 Å². The summed E-state index contributed by atoms with van der Waals surface area (Å²) in [6.07, 6.45) is 2.30. The van der Waals surface area contributed by atoms with Crippen molar-refractivity contribution in [3.05, 3.63) is 29.3 Å². The average molecular weight is 320 g/mol. The number of nitrogens with one attached hydrogen (secondary N) is 2. The van der Waals surface area contributed by atoms with Crippen molar-refractivity contribution in [3.8, 4) is 0 Å². The number of sulfonamides is 1. The Morgan fingerprint density at radius 3 is 2.43 bits per heavy atom. The zero-order chi connectivity index (χ0) is 15.9. The van der Waals surface area contributed by atoms with Gasteiger partial charge in [0.25, 0.3) is 0 Å². The van der Waals surface area contributed by atoms with Crippen LogP contribution in [0.15, 0.2) is 17.0 Å². The summed E-state index contributed by atoms with van der Waals surface area (Å²) < 4.78 is 54.3. The van der Waals surface area contributed by atoms with Crippen LogP contribution in [0.5, 0.6) is 0 Å². The van der Waals surface area contributed by atoms with Crippen LogP contribution in [0.4, 0.5) is 8.78 Å². The Morgan fingerprint density at radius 2 is 1.81 bits per heavy atom. The molecule has 0 spiro atoms. The maximum absolute atomic E-state index is 14.3. The SMILES string of the molecule is CCCCNS(=O)(=O)c1ccc(F)c(CNCCC)c1F. The average Bonchev–Trinajstić information content (AvgIpc) is 2.42. The number of halogens is 2. The van der Waals surface area contributed by atoms with Crippen molar-refractivity contribution in [1.82, 2.24) is 10.0 Å². The summed E-state index contributed by atoms with van der Waals surface area (Å²) >= 11 is 0. The van der Waals surface area contributed by atoms with Gasteiger partial charge in [0, 0.05) is 18.7 Å². The van der Waals surface area contributed by atoms with E-state index >= 15 is 0 Å². The molecule has 1 rings (SSSR count). The highest BCUT2D eigenvalue weighted by molar-refractivity contribution is 7.89. The summed E-state index contributed by atoms with van der Waals surface area (Å²) in [6.45, 7) is 4.65. The standard InChI is InChI=1S/C14H22F2N2O2S/c1-3-5-9-18-21(19,20)13-7-6-12(15)11(14(13)16)10-17-8-4-2/h6-7,17-18H,3-5,8-10H2,1-2H3. The van der Waals surface area contributed by atoms with E-state index in [9.17, 15) is 17.2 Å². The van der Waals surface area contributed by atoms with E-state index in [4.69, 9.17) is 0 Å². The van der Waals surface area contributed by atoms with Crippen molar-refractivity contribution in [2.75, 3.05) is 13.1 Å². The molecule has 0 heterocycles. The number of hydrogen-bond acceptors (Lipinski definition) is 3. The third-order valence-corrected chi connectivity index (χ3v) is 4.47. The molecule has 7 heteroatoms. The van der Waals surface area contributed by atoms with Gasteiger partial charge in [0.2, 0.25) is 10.0 Å². The maximum atomic E-state index is 14.3. The quantitative estimate of drug-likeness (QED) is 0.688. The first-order valence-corrected chi connectivity index (χ1v) is 8.59. The van der Waals surface area contributed by atoms with Gasteiger partial charge in [-0.25, -0.2) is 21.9 Å². The fourth-order valence-electron chi connectivity index (χ4n) is 1.80. The molecule has 1 aromatic carbocycles. The van der Waals surface area contributed by atoms with Gasteiger partial charge >= 0.3 is 0 Å². The normalized spacial score (nSPS) is 11.8. The van der Waals surface area contributed by atoms with Crippen molar-refractivity contribution < 1.29 is 17.2 Å². The van der Waals surface area contributed by atoms with Gasteiger partial charge < -0.3 is 5.32 Å². The summed E-state index contributed by atoms with van der Waals surface area (Å²) in [6, 6.07) is 1.95. The molecule has 0 unspecified atom stereocenters. The lowest BCUT2D eigenvalue weighted by molar-refractivity contribution is 0.510. The Labute approximate surface area is 125 Å². The van der Waals surface area contributed by atoms with Gasteiger partial charge in [0.05, 0.1) is 0 Å². The van der Waals surface area contributed by atoms with E-state index in [0.717, 1.165) is 25.0 Å². The van der Waals surface area contributed by atoms with Gasteiger partial charge in [-0.3, -0.25) is 0 Å². The van der Waals surface area contributed by atoms with Gasteiger partial charge in [-0.15, -0.1) is 0 Å². The van der Waals surface area contributed by atoms with Crippen LogP contribution in [-0.4, -0.2) is 21.5 Å². The Morgan fingerprint density at radius 1 is 1.10 bits per heavy atom. The van der Waals surface area contributed by atoms with E-state index in [2.05, 4.69) is 10.0 Å². The largest absolute Gasteiger partial charge is 0.312 e. The molecule has 120 valence electrons. The number of rotatable bonds is 9. The first-order chi connectivity index (χ1) is 9.94. The van der Waals surface area contributed by atoms with Crippen LogP contribution in [0.2, 0.25) is 0 Å². The molecule has 0 aromatic heterocycles. The molecule has 21 heavy (non-hydrogen) atoms. The fraction of sp³-hybridized carbons (Fsp3) is 0.571. The molecule has 1 aromatic rings. The van der Waals surface area contributed by atoms with Crippen molar-refractivity contribution >= 4 is 10.0 Å². The van der Waals surface area contributed by atoms with Crippen LogP contribution in [0.3, 0.4) is 0 Å². The summed E-state index contributed by atoms with van der Waals surface area (Å²) in [7, 11) is -3.95. The molecule has 4 nitrogen and oxygen atoms in total. The minimum absolute atomic E-state index is 0.0379. The smallest absolute Gasteiger partial charge is 0.243 e. The molecule has 0 aliphatic rings. The second-order valence-electron chi connectivity index (χ2n) is 4.77. The molecule has 0 bridgehead atoms. The van der Waals surface area contributed by atoms with Crippen LogP contribution in [-0.2, 0) is 16.6 Å². The van der Waals surface area contributed by atoms with Crippen molar-refractivity contribution in [1.29, 1.82) is 0 Å². The Balaban J connectivity index is 3.00. The Hall–Kier alpha value is -1.05. The third kappa shape index (κ3) is 5.01. The molecule has 2 N–H and O–H groups in total. The molecule has 0 amide bonds. The van der Waals surface area contributed by atoms with Crippen LogP contribution in [0.25, 0.3) is 0 Å². The lowest BCUT2D eigenvalue weighted by Gasteiger charge is -2.11. The molecule has 0 aliphatic carbocycles. The number of benzene rings is 1. The van der Waals surface area contributed by atoms with Crippen LogP contribution >= 0.6 is 0 Å². The van der Waals surface area contributed by atoms with Crippen LogP contribution in [0, 0.1) is 11.6 Å². The zero-order valence-corrected chi connectivity index (χ0v) is 13.2. The molecule has 0 radical (unpaired) electrons. The van der Waals surface area contributed by atoms with Gasteiger partial charge in [-0.2, -0.15) is 0 Å². The van der Waals surface area contributed by atoms with Crippen molar-refractivity contribution in [2.24, 2.45) is 0 Å². The lowest BCUT2D eigenvalue weighted by atomic mass is 10.2. The predicted molar refractivity (Wildman–Crippen MR) is 78.5 cm³/mol. The predicted octanol–water partition coefficient (Wildman–Crippen LogP) is 2.54. The Bertz CT molecular complexity index is 562. The van der Waals surface area contributed by atoms with Gasteiger partial charge in [0.15, 0.2) is 5.82 Å². The summed E-state index contributed by atoms with van der Waals surface area (Å²) in [5.41, 5.74) is -0.248. The van der Waals surface area contributed by atoms with Gasteiger partial charge in [0.1, 0.15) is 10.7 Å². The molecule has 0 saturated carbocycles. The van der Waals surface area contributed by atoms with E-state index in [1.54, 1.807) is 0 Å². The second kappa shape index (κ2) is 8.41. The zero-order valence-electron chi connectivity index (χ0n) is 12.4. The highest BCUT2D eigenvalue weighted by atomic mass is 32.2. The number of unbranched alkanes of at least 4 members (excludes halogenated alkanes) is 1. The topological polar surface area (TPSA) is 58.2 Å². The summed E-state index contributed by atoms with van der Waals surface area (Å²) in [4.78, 5) is -0.506. The van der Waals surface area contributed by atoms with E-state index in [-0.39, 0.29) is 18.7 Å². The first-order valence-electron chi connectivity index (χ1n) is 7.11. The number of hydrogen-bond donors (Lipinski definition) is 2. The monoisotopic (exact) mass is 320 g/mol. The summed E-state index contributed by atoms with van der Waals surface area (Å²) in [5, 5.41) is 2.87. The van der Waals surface area contributed by atoms with E-state index in [0.29, 0.717) is 13.0 Å². The molecule has 0 atom stereocenters. The van der Waals surface area contributed by atoms with E-state index in [1.807, 2.05) is 13.8 Å². The van der Waals surface area contributed by atoms with Crippen molar-refractivity contribution in [3.63, 3.8) is 0 Å². The molecule has 0 saturated heterocycles. The molecule has 0 aliphatic heterocycles. The molecular weight excluding hydrogens is 298 g/mol. The third-order valence-electron chi connectivity index (χ3n) is 2.99. The molecular formula is C14H22F2N2O2S. The minimum atomic E-state index is -3.95. The highest BCUT2D eigenvalue weighted by Crippen LogP contribution is 2.21. The second-order valence-corrected chi connectivity index (χ2v) is 6.50. The molecule has 0 fully saturated rings. The van der Waals surface area contributed by atoms with Gasteiger partial charge in [-0.1, -0.05) is 20.3 Å².